The van der Waals surface area contributed by atoms with Crippen LogP contribution in [0.5, 0.6) is 0 Å². The van der Waals surface area contributed by atoms with Crippen molar-refractivity contribution >= 4 is 11.8 Å². The van der Waals surface area contributed by atoms with Crippen molar-refractivity contribution in [1.29, 1.82) is 0 Å². The normalized spacial score (nSPS) is 25.9. The highest BCUT2D eigenvalue weighted by atomic mass is 19.4. The average molecular weight is 498 g/mol. The molecule has 6 rings (SSSR count). The first-order valence-corrected chi connectivity index (χ1v) is 12.8. The Morgan fingerprint density at radius 3 is 2.56 bits per heavy atom. The second-order valence-corrected chi connectivity index (χ2v) is 10.4. The quantitative estimate of drug-likeness (QED) is 0.545. The third-order valence-electron chi connectivity index (χ3n) is 7.98. The van der Waals surface area contributed by atoms with Crippen molar-refractivity contribution in [2.24, 2.45) is 11.8 Å². The highest BCUT2D eigenvalue weighted by Gasteiger charge is 2.43. The summed E-state index contributed by atoms with van der Waals surface area (Å²) in [4.78, 5) is 15.9. The summed E-state index contributed by atoms with van der Waals surface area (Å²) in [6, 6.07) is 7.99. The van der Waals surface area contributed by atoms with E-state index >= 15 is 0 Å². The van der Waals surface area contributed by atoms with Crippen molar-refractivity contribution in [2.75, 3.05) is 23.3 Å². The Bertz CT molecular complexity index is 1230. The van der Waals surface area contributed by atoms with Crippen LogP contribution in [0.1, 0.15) is 60.7 Å². The molecule has 1 N–H and O–H groups in total. The van der Waals surface area contributed by atoms with Crippen LogP contribution in [0.2, 0.25) is 0 Å². The summed E-state index contributed by atoms with van der Waals surface area (Å²) in [6.07, 6.45) is 2.18. The van der Waals surface area contributed by atoms with Gasteiger partial charge < -0.3 is 10.2 Å². The number of hydrogen-bond acceptors (Lipinski definition) is 6. The lowest BCUT2D eigenvalue weighted by Crippen LogP contribution is -2.48. The van der Waals surface area contributed by atoms with Gasteiger partial charge in [-0.25, -0.2) is 14.6 Å². The largest absolute Gasteiger partial charge is 0.416 e. The van der Waals surface area contributed by atoms with Crippen molar-refractivity contribution < 1.29 is 13.2 Å². The second kappa shape index (κ2) is 9.05. The standard InChI is InChI=1S/C26H30F3N7/c1-16-11-22(31-15-30-16)35-13-18-8-9-19(14-35)23(18)32-25-33-24-21(7-2-3-10-36(24)34-25)17-5-4-6-20(12-17)26(27,28)29/h4-6,11-12,15,18-19,21,23H,2-3,7-10,13-14H2,1H3,(H,32,34)/t18-,19?,21+,23-/m0/s1. The molecule has 1 aromatic carbocycles. The van der Waals surface area contributed by atoms with Gasteiger partial charge in [0.25, 0.3) is 0 Å². The molecule has 7 nitrogen and oxygen atoms in total. The van der Waals surface area contributed by atoms with Gasteiger partial charge in [0.2, 0.25) is 5.95 Å². The fourth-order valence-corrected chi connectivity index (χ4v) is 6.23. The first-order valence-electron chi connectivity index (χ1n) is 12.8. The predicted molar refractivity (Wildman–Crippen MR) is 130 cm³/mol. The number of alkyl halides is 3. The van der Waals surface area contributed by atoms with Crippen molar-refractivity contribution in [2.45, 2.75) is 63.7 Å². The van der Waals surface area contributed by atoms with Crippen LogP contribution in [0, 0.1) is 18.8 Å². The fraction of sp³-hybridized carbons (Fsp3) is 0.538. The molecule has 1 aliphatic carbocycles. The number of anilines is 2. The topological polar surface area (TPSA) is 71.8 Å². The van der Waals surface area contributed by atoms with Gasteiger partial charge in [-0.3, -0.25) is 0 Å². The van der Waals surface area contributed by atoms with E-state index in [0.29, 0.717) is 23.3 Å². The number of piperidine rings is 1. The zero-order chi connectivity index (χ0) is 24.9. The maximum Gasteiger partial charge on any atom is 0.416 e. The van der Waals surface area contributed by atoms with Crippen LogP contribution in [0.3, 0.4) is 0 Å². The van der Waals surface area contributed by atoms with Gasteiger partial charge in [-0.1, -0.05) is 24.6 Å². The molecule has 2 aliphatic heterocycles. The number of hydrogen-bond donors (Lipinski definition) is 1. The van der Waals surface area contributed by atoms with Crippen molar-refractivity contribution in [3.63, 3.8) is 0 Å². The molecule has 3 aromatic rings. The lowest BCUT2D eigenvalue weighted by Gasteiger charge is -2.38. The summed E-state index contributed by atoms with van der Waals surface area (Å²) >= 11 is 0. The van der Waals surface area contributed by atoms with Crippen LogP contribution in [-0.2, 0) is 12.7 Å². The minimum atomic E-state index is -4.36. The van der Waals surface area contributed by atoms with Crippen LogP contribution >= 0.6 is 0 Å². The summed E-state index contributed by atoms with van der Waals surface area (Å²) < 4.78 is 42.0. The maximum absolute atomic E-state index is 13.4. The molecule has 0 amide bonds. The zero-order valence-corrected chi connectivity index (χ0v) is 20.2. The number of nitrogens with one attached hydrogen (secondary N) is 1. The maximum atomic E-state index is 13.4. The van der Waals surface area contributed by atoms with E-state index in [2.05, 4.69) is 20.2 Å². The van der Waals surface area contributed by atoms with Gasteiger partial charge in [-0.2, -0.15) is 18.2 Å². The van der Waals surface area contributed by atoms with E-state index in [1.54, 1.807) is 12.4 Å². The summed E-state index contributed by atoms with van der Waals surface area (Å²) in [5, 5.41) is 8.40. The van der Waals surface area contributed by atoms with Crippen LogP contribution in [0.4, 0.5) is 24.9 Å². The van der Waals surface area contributed by atoms with Gasteiger partial charge in [0.15, 0.2) is 0 Å². The van der Waals surface area contributed by atoms with Crippen LogP contribution in [-0.4, -0.2) is 43.9 Å². The molecule has 1 saturated carbocycles. The highest BCUT2D eigenvalue weighted by molar-refractivity contribution is 5.42. The highest BCUT2D eigenvalue weighted by Crippen LogP contribution is 2.40. The molecule has 0 spiro atoms. The minimum absolute atomic E-state index is 0.197. The Morgan fingerprint density at radius 1 is 1.00 bits per heavy atom. The van der Waals surface area contributed by atoms with E-state index in [4.69, 9.17) is 10.1 Å². The zero-order valence-electron chi connectivity index (χ0n) is 20.2. The number of nitrogens with zero attached hydrogens (tertiary/aromatic N) is 6. The second-order valence-electron chi connectivity index (χ2n) is 10.4. The van der Waals surface area contributed by atoms with Crippen molar-refractivity contribution in [1.82, 2.24) is 24.7 Å². The lowest BCUT2D eigenvalue weighted by molar-refractivity contribution is -0.137. The third-order valence-corrected chi connectivity index (χ3v) is 7.98. The molecule has 1 unspecified atom stereocenters. The predicted octanol–water partition coefficient (Wildman–Crippen LogP) is 5.04. The van der Waals surface area contributed by atoms with E-state index in [9.17, 15) is 13.2 Å². The van der Waals surface area contributed by atoms with Gasteiger partial charge in [0, 0.05) is 43.4 Å². The molecule has 3 aliphatic rings. The smallest absolute Gasteiger partial charge is 0.356 e. The van der Waals surface area contributed by atoms with Gasteiger partial charge in [0.05, 0.1) is 5.56 Å². The molecule has 4 atom stereocenters. The molecule has 10 heteroatoms. The van der Waals surface area contributed by atoms with Gasteiger partial charge in [-0.15, -0.1) is 5.10 Å². The molecule has 190 valence electrons. The van der Waals surface area contributed by atoms with Crippen molar-refractivity contribution in [3.8, 4) is 0 Å². The van der Waals surface area contributed by atoms with Crippen molar-refractivity contribution in [3.05, 3.63) is 59.3 Å². The number of benzene rings is 1. The Balaban J connectivity index is 1.22. The molecule has 2 bridgehead atoms. The summed E-state index contributed by atoms with van der Waals surface area (Å²) in [5.74, 6) is 3.06. The SMILES string of the molecule is Cc1cc(N2CC3CC[C@@H](C2)[C@@H]3Nc2nc3n(n2)CCCC[C@@H]3c2cccc(C(F)(F)F)c2)ncn1. The summed E-state index contributed by atoms with van der Waals surface area (Å²) in [7, 11) is 0. The molecular formula is C26H30F3N7. The number of aryl methyl sites for hydroxylation is 2. The van der Waals surface area contributed by atoms with E-state index in [1.807, 2.05) is 17.7 Å². The molecule has 36 heavy (non-hydrogen) atoms. The van der Waals surface area contributed by atoms with Crippen LogP contribution < -0.4 is 10.2 Å². The van der Waals surface area contributed by atoms with Gasteiger partial charge >= 0.3 is 6.18 Å². The minimum Gasteiger partial charge on any atom is -0.356 e. The molecule has 4 heterocycles. The number of fused-ring (bicyclic) bond motifs is 3. The Morgan fingerprint density at radius 2 is 1.81 bits per heavy atom. The van der Waals surface area contributed by atoms with Gasteiger partial charge in [-0.05, 0) is 56.1 Å². The first kappa shape index (κ1) is 23.2. The Kier molecular flexibility index (Phi) is 5.84. The average Bonchev–Trinajstić information content (AvgIpc) is 3.25. The van der Waals surface area contributed by atoms with Gasteiger partial charge in [0.1, 0.15) is 18.0 Å². The molecule has 0 radical (unpaired) electrons. The van der Waals surface area contributed by atoms with E-state index in [0.717, 1.165) is 75.1 Å². The Labute approximate surface area is 208 Å². The number of aromatic nitrogens is 5. The Hall–Kier alpha value is -3.17. The molecular weight excluding hydrogens is 467 g/mol. The lowest BCUT2D eigenvalue weighted by atomic mass is 9.92. The third kappa shape index (κ3) is 4.41. The molecule has 2 fully saturated rings. The van der Waals surface area contributed by atoms with E-state index in [-0.39, 0.29) is 12.0 Å². The first-order chi connectivity index (χ1) is 17.3. The van der Waals surface area contributed by atoms with Crippen LogP contribution in [0.25, 0.3) is 0 Å². The monoisotopic (exact) mass is 497 g/mol. The molecule has 1 saturated heterocycles. The number of halogens is 3. The number of rotatable bonds is 4. The fourth-order valence-electron chi connectivity index (χ4n) is 6.23. The van der Waals surface area contributed by atoms with Crippen LogP contribution in [0.15, 0.2) is 36.7 Å². The van der Waals surface area contributed by atoms with E-state index in [1.165, 1.54) is 12.1 Å². The molecule has 2 aromatic heterocycles. The van der Waals surface area contributed by atoms with E-state index < -0.39 is 11.7 Å². The summed E-state index contributed by atoms with van der Waals surface area (Å²) in [6.45, 7) is 4.56. The summed E-state index contributed by atoms with van der Waals surface area (Å²) in [5.41, 5.74) is 1.00.